The Morgan fingerprint density at radius 2 is 2.31 bits per heavy atom. The number of hydrogen-bond acceptors (Lipinski definition) is 4. The van der Waals surface area contributed by atoms with Crippen LogP contribution in [0.3, 0.4) is 0 Å². The molecule has 0 aliphatic carbocycles. The van der Waals surface area contributed by atoms with Crippen molar-refractivity contribution < 1.29 is 9.90 Å². The van der Waals surface area contributed by atoms with Crippen LogP contribution in [0.2, 0.25) is 0 Å². The van der Waals surface area contributed by atoms with Gasteiger partial charge in [0, 0.05) is 17.6 Å². The molecule has 1 rings (SSSR count). The van der Waals surface area contributed by atoms with Gasteiger partial charge in [-0.3, -0.25) is 0 Å². The van der Waals surface area contributed by atoms with Crippen LogP contribution in [0, 0.1) is 4.91 Å². The van der Waals surface area contributed by atoms with Crippen molar-refractivity contribution in [3.63, 3.8) is 0 Å². The number of aromatic hydroxyl groups is 1. The standard InChI is InChI=1S/C9H10ClN3O3/c10-4-5-13(12-16)9(15)11-7-2-1-3-8(14)6-7/h1-3,6,14H,4-5H2,(H,11,15). The van der Waals surface area contributed by atoms with Crippen molar-refractivity contribution in [3.05, 3.63) is 29.2 Å². The normalized spacial score (nSPS) is 9.56. The third-order valence-corrected chi connectivity index (χ3v) is 1.90. The van der Waals surface area contributed by atoms with E-state index in [4.69, 9.17) is 16.7 Å². The van der Waals surface area contributed by atoms with E-state index in [2.05, 4.69) is 10.6 Å². The highest BCUT2D eigenvalue weighted by atomic mass is 35.5. The first-order chi connectivity index (χ1) is 7.67. The van der Waals surface area contributed by atoms with Gasteiger partial charge in [0.1, 0.15) is 5.75 Å². The number of carbonyl (C=O) groups is 1. The monoisotopic (exact) mass is 243 g/mol. The zero-order valence-electron chi connectivity index (χ0n) is 8.26. The van der Waals surface area contributed by atoms with E-state index in [-0.39, 0.29) is 18.2 Å². The molecule has 0 aliphatic heterocycles. The van der Waals surface area contributed by atoms with E-state index in [1.54, 1.807) is 12.1 Å². The molecule has 86 valence electrons. The van der Waals surface area contributed by atoms with Gasteiger partial charge in [0.2, 0.25) is 0 Å². The molecule has 0 saturated carbocycles. The van der Waals surface area contributed by atoms with E-state index < -0.39 is 6.03 Å². The molecule has 0 fully saturated rings. The average Bonchev–Trinajstić information content (AvgIpc) is 2.25. The summed E-state index contributed by atoms with van der Waals surface area (Å²) in [6.45, 7) is 0.0235. The molecule has 6 nitrogen and oxygen atoms in total. The van der Waals surface area contributed by atoms with Gasteiger partial charge in [-0.1, -0.05) is 6.07 Å². The Balaban J connectivity index is 2.66. The van der Waals surface area contributed by atoms with E-state index in [0.29, 0.717) is 10.7 Å². The van der Waals surface area contributed by atoms with Crippen LogP contribution >= 0.6 is 11.6 Å². The largest absolute Gasteiger partial charge is 0.508 e. The van der Waals surface area contributed by atoms with Crippen molar-refractivity contribution in [1.29, 1.82) is 0 Å². The summed E-state index contributed by atoms with van der Waals surface area (Å²) in [5.74, 6) is 0.125. The van der Waals surface area contributed by atoms with Crippen LogP contribution in [0.25, 0.3) is 0 Å². The van der Waals surface area contributed by atoms with E-state index in [9.17, 15) is 9.70 Å². The fourth-order valence-corrected chi connectivity index (χ4v) is 1.19. The lowest BCUT2D eigenvalue weighted by molar-refractivity contribution is 0.216. The highest BCUT2D eigenvalue weighted by Gasteiger charge is 2.13. The number of phenols is 1. The number of nitrogens with zero attached hydrogens (tertiary/aromatic N) is 2. The molecule has 7 heteroatoms. The summed E-state index contributed by atoms with van der Waals surface area (Å²) in [7, 11) is 0. The minimum Gasteiger partial charge on any atom is -0.508 e. The van der Waals surface area contributed by atoms with Crippen molar-refractivity contribution >= 4 is 23.3 Å². The minimum atomic E-state index is -0.693. The number of hydrogen-bond donors (Lipinski definition) is 2. The van der Waals surface area contributed by atoms with Gasteiger partial charge in [-0.05, 0) is 12.1 Å². The van der Waals surface area contributed by atoms with Crippen LogP contribution in [-0.2, 0) is 0 Å². The number of rotatable bonds is 4. The number of nitrogens with one attached hydrogen (secondary N) is 1. The molecule has 1 aromatic rings. The van der Waals surface area contributed by atoms with Crippen LogP contribution in [-0.4, -0.2) is 28.6 Å². The SMILES string of the molecule is O=NN(CCCl)C(=O)Nc1cccc(O)c1. The number of phenolic OH excluding ortho intramolecular Hbond substituents is 1. The van der Waals surface area contributed by atoms with E-state index >= 15 is 0 Å². The molecule has 0 aliphatic rings. The minimum absolute atomic E-state index is 0.0146. The van der Waals surface area contributed by atoms with E-state index in [1.165, 1.54) is 12.1 Å². The third kappa shape index (κ3) is 3.39. The summed E-state index contributed by atoms with van der Waals surface area (Å²) in [6, 6.07) is 5.25. The molecule has 0 bridgehead atoms. The molecule has 16 heavy (non-hydrogen) atoms. The van der Waals surface area contributed by atoms with Crippen LogP contribution in [0.5, 0.6) is 5.75 Å². The average molecular weight is 244 g/mol. The summed E-state index contributed by atoms with van der Waals surface area (Å²) in [5.41, 5.74) is 0.369. The van der Waals surface area contributed by atoms with Gasteiger partial charge in [-0.15, -0.1) is 16.5 Å². The first-order valence-corrected chi connectivity index (χ1v) is 4.97. The number of amides is 2. The second kappa shape index (κ2) is 5.92. The van der Waals surface area contributed by atoms with Gasteiger partial charge in [0.25, 0.3) is 0 Å². The van der Waals surface area contributed by atoms with Crippen LogP contribution in [0.15, 0.2) is 29.6 Å². The lowest BCUT2D eigenvalue weighted by atomic mass is 10.3. The summed E-state index contributed by atoms with van der Waals surface area (Å²) < 4.78 is 0. The van der Waals surface area contributed by atoms with Gasteiger partial charge >= 0.3 is 6.03 Å². The zero-order chi connectivity index (χ0) is 12.0. The Bertz CT molecular complexity index is 386. The number of carbonyl (C=O) groups excluding carboxylic acids is 1. The number of nitroso groups, excluding NO2 is 1. The lowest BCUT2D eigenvalue weighted by Gasteiger charge is -2.12. The molecular weight excluding hydrogens is 234 g/mol. The Morgan fingerprint density at radius 3 is 2.88 bits per heavy atom. The van der Waals surface area contributed by atoms with Gasteiger partial charge in [0.05, 0.1) is 11.8 Å². The number of benzene rings is 1. The van der Waals surface area contributed by atoms with Crippen LogP contribution in [0.4, 0.5) is 10.5 Å². The Hall–Kier alpha value is -1.82. The molecule has 0 radical (unpaired) electrons. The molecule has 2 N–H and O–H groups in total. The smallest absolute Gasteiger partial charge is 0.344 e. The van der Waals surface area contributed by atoms with Gasteiger partial charge in [-0.2, -0.15) is 5.01 Å². The molecule has 0 spiro atoms. The highest BCUT2D eigenvalue weighted by Crippen LogP contribution is 2.15. The predicted molar refractivity (Wildman–Crippen MR) is 60.3 cm³/mol. The molecule has 0 saturated heterocycles. The molecule has 0 aromatic heterocycles. The Kier molecular flexibility index (Phi) is 4.53. The van der Waals surface area contributed by atoms with Crippen LogP contribution in [0.1, 0.15) is 0 Å². The second-order valence-electron chi connectivity index (χ2n) is 2.87. The Labute approximate surface area is 96.8 Å². The van der Waals surface area contributed by atoms with Crippen molar-refractivity contribution in [3.8, 4) is 5.75 Å². The summed E-state index contributed by atoms with van der Waals surface area (Å²) >= 11 is 5.39. The zero-order valence-corrected chi connectivity index (χ0v) is 9.02. The quantitative estimate of drug-likeness (QED) is 0.483. The fraction of sp³-hybridized carbons (Fsp3) is 0.222. The topological polar surface area (TPSA) is 82.0 Å². The highest BCUT2D eigenvalue weighted by molar-refractivity contribution is 6.18. The number of halogens is 1. The van der Waals surface area contributed by atoms with Crippen molar-refractivity contribution in [2.75, 3.05) is 17.7 Å². The maximum absolute atomic E-state index is 11.4. The van der Waals surface area contributed by atoms with E-state index in [0.717, 1.165) is 0 Å². The summed E-state index contributed by atoms with van der Waals surface area (Å²) in [4.78, 5) is 21.7. The van der Waals surface area contributed by atoms with Crippen molar-refractivity contribution in [2.45, 2.75) is 0 Å². The van der Waals surface area contributed by atoms with Crippen LogP contribution < -0.4 is 5.32 Å². The van der Waals surface area contributed by atoms with Gasteiger partial charge in [0.15, 0.2) is 0 Å². The first-order valence-electron chi connectivity index (χ1n) is 4.44. The molecule has 0 heterocycles. The number of alkyl halides is 1. The first kappa shape index (κ1) is 12.3. The maximum Gasteiger partial charge on any atom is 0.344 e. The van der Waals surface area contributed by atoms with Gasteiger partial charge < -0.3 is 10.4 Å². The maximum atomic E-state index is 11.4. The number of anilines is 1. The summed E-state index contributed by atoms with van der Waals surface area (Å²) in [5, 5.41) is 14.7. The number of urea groups is 1. The van der Waals surface area contributed by atoms with Crippen molar-refractivity contribution in [2.24, 2.45) is 5.29 Å². The molecule has 0 atom stereocenters. The predicted octanol–water partition coefficient (Wildman–Crippen LogP) is 2.15. The molecule has 0 unspecified atom stereocenters. The molecular formula is C9H10ClN3O3. The van der Waals surface area contributed by atoms with Crippen molar-refractivity contribution in [1.82, 2.24) is 5.01 Å². The van der Waals surface area contributed by atoms with E-state index in [1.807, 2.05) is 0 Å². The van der Waals surface area contributed by atoms with Gasteiger partial charge in [-0.25, -0.2) is 4.79 Å². The third-order valence-electron chi connectivity index (χ3n) is 1.73. The molecule has 1 aromatic carbocycles. The fourth-order valence-electron chi connectivity index (χ4n) is 1.03. The summed E-state index contributed by atoms with van der Waals surface area (Å²) in [6.07, 6.45) is 0. The molecule has 2 amide bonds. The lowest BCUT2D eigenvalue weighted by Crippen LogP contribution is -2.31. The second-order valence-corrected chi connectivity index (χ2v) is 3.25. The Morgan fingerprint density at radius 1 is 1.56 bits per heavy atom.